The molecule has 0 saturated heterocycles. The molecule has 102 valence electrons. The Balaban J connectivity index is 4.59. The summed E-state index contributed by atoms with van der Waals surface area (Å²) >= 11 is 0. The molecule has 0 aromatic rings. The van der Waals surface area contributed by atoms with E-state index in [1.165, 1.54) is 0 Å². The zero-order chi connectivity index (χ0) is 13.9. The number of likely N-dealkylation sites (N-methyl/N-ethyl adjacent to an activating group) is 1. The van der Waals surface area contributed by atoms with E-state index in [2.05, 4.69) is 46.9 Å². The van der Waals surface area contributed by atoms with Crippen LogP contribution in [0.1, 0.15) is 54.9 Å². The number of esters is 1. The fourth-order valence-corrected chi connectivity index (χ4v) is 1.76. The molecule has 0 fully saturated rings. The van der Waals surface area contributed by atoms with Crippen molar-refractivity contribution in [2.75, 3.05) is 13.7 Å². The Labute approximate surface area is 106 Å². The summed E-state index contributed by atoms with van der Waals surface area (Å²) in [6.45, 7) is 14.9. The van der Waals surface area contributed by atoms with Gasteiger partial charge >= 0.3 is 5.97 Å². The predicted octanol–water partition coefficient (Wildman–Crippen LogP) is 2.99. The van der Waals surface area contributed by atoms with E-state index in [0.717, 1.165) is 6.42 Å². The number of nitrogens with one attached hydrogen (secondary N) is 1. The molecule has 0 aliphatic carbocycles. The smallest absolute Gasteiger partial charge is 0.326 e. The summed E-state index contributed by atoms with van der Waals surface area (Å²) in [4.78, 5) is 12.1. The van der Waals surface area contributed by atoms with Crippen LogP contribution in [-0.4, -0.2) is 25.2 Å². The van der Waals surface area contributed by atoms with E-state index in [1.54, 1.807) is 0 Å². The Morgan fingerprint density at radius 1 is 1.00 bits per heavy atom. The molecule has 0 amide bonds. The standard InChI is InChI=1S/C14H29NO2/c1-12(2,3)9-14(7,15-8)11(16)17-10-13(4,5)6/h15H,9-10H2,1-8H3. The van der Waals surface area contributed by atoms with Crippen LogP contribution >= 0.6 is 0 Å². The third-order valence-corrected chi connectivity index (χ3v) is 2.52. The van der Waals surface area contributed by atoms with Gasteiger partial charge in [0.15, 0.2) is 0 Å². The molecule has 3 heteroatoms. The average Bonchev–Trinajstić information content (AvgIpc) is 2.10. The molecule has 0 aromatic carbocycles. The molecule has 1 atom stereocenters. The Morgan fingerprint density at radius 3 is 1.76 bits per heavy atom. The highest BCUT2D eigenvalue weighted by molar-refractivity contribution is 5.80. The third-order valence-electron chi connectivity index (χ3n) is 2.52. The van der Waals surface area contributed by atoms with Crippen LogP contribution in [0.4, 0.5) is 0 Å². The van der Waals surface area contributed by atoms with Crippen LogP contribution in [0, 0.1) is 10.8 Å². The van der Waals surface area contributed by atoms with Gasteiger partial charge in [-0.1, -0.05) is 41.5 Å². The van der Waals surface area contributed by atoms with E-state index in [-0.39, 0.29) is 16.8 Å². The molecule has 0 bridgehead atoms. The molecule has 0 aliphatic heterocycles. The molecular weight excluding hydrogens is 214 g/mol. The van der Waals surface area contributed by atoms with Gasteiger partial charge in [-0.15, -0.1) is 0 Å². The quantitative estimate of drug-likeness (QED) is 0.771. The fourth-order valence-electron chi connectivity index (χ4n) is 1.76. The van der Waals surface area contributed by atoms with Crippen molar-refractivity contribution in [2.24, 2.45) is 10.8 Å². The molecule has 3 nitrogen and oxygen atoms in total. The summed E-state index contributed by atoms with van der Waals surface area (Å²) in [5.41, 5.74) is -0.520. The van der Waals surface area contributed by atoms with E-state index in [9.17, 15) is 4.79 Å². The SMILES string of the molecule is CNC(C)(CC(C)(C)C)C(=O)OCC(C)(C)C. The second kappa shape index (κ2) is 5.38. The van der Waals surface area contributed by atoms with Crippen LogP contribution in [0.2, 0.25) is 0 Å². The van der Waals surface area contributed by atoms with Gasteiger partial charge < -0.3 is 10.1 Å². The van der Waals surface area contributed by atoms with Gasteiger partial charge in [0.1, 0.15) is 5.54 Å². The maximum Gasteiger partial charge on any atom is 0.326 e. The van der Waals surface area contributed by atoms with Gasteiger partial charge in [0, 0.05) is 0 Å². The van der Waals surface area contributed by atoms with Crippen LogP contribution < -0.4 is 5.32 Å². The number of rotatable bonds is 4. The van der Waals surface area contributed by atoms with Crippen molar-refractivity contribution in [3.8, 4) is 0 Å². The fraction of sp³-hybridized carbons (Fsp3) is 0.929. The lowest BCUT2D eigenvalue weighted by atomic mass is 9.81. The van der Waals surface area contributed by atoms with E-state index < -0.39 is 5.54 Å². The van der Waals surface area contributed by atoms with Crippen LogP contribution in [0.15, 0.2) is 0 Å². The largest absolute Gasteiger partial charge is 0.464 e. The first-order valence-electron chi connectivity index (χ1n) is 6.26. The lowest BCUT2D eigenvalue weighted by Crippen LogP contribution is -2.51. The van der Waals surface area contributed by atoms with Gasteiger partial charge in [0.05, 0.1) is 6.61 Å². The van der Waals surface area contributed by atoms with Crippen molar-refractivity contribution in [1.82, 2.24) is 5.32 Å². The molecule has 0 spiro atoms. The minimum absolute atomic E-state index is 0.00600. The molecule has 1 unspecified atom stereocenters. The summed E-state index contributed by atoms with van der Waals surface area (Å²) in [5.74, 6) is -0.162. The number of ether oxygens (including phenoxy) is 1. The number of carbonyl (C=O) groups is 1. The summed E-state index contributed by atoms with van der Waals surface area (Å²) in [6.07, 6.45) is 0.749. The Morgan fingerprint density at radius 2 is 1.47 bits per heavy atom. The van der Waals surface area contributed by atoms with Crippen LogP contribution in [0.3, 0.4) is 0 Å². The van der Waals surface area contributed by atoms with Gasteiger partial charge in [-0.05, 0) is 31.2 Å². The van der Waals surface area contributed by atoms with Crippen molar-refractivity contribution in [3.63, 3.8) is 0 Å². The molecule has 17 heavy (non-hydrogen) atoms. The summed E-state index contributed by atoms with van der Waals surface area (Å²) in [5, 5.41) is 3.10. The van der Waals surface area contributed by atoms with Crippen molar-refractivity contribution in [2.45, 2.75) is 60.4 Å². The first-order chi connectivity index (χ1) is 7.40. The first-order valence-corrected chi connectivity index (χ1v) is 6.26. The molecule has 0 radical (unpaired) electrons. The number of hydrogen-bond donors (Lipinski definition) is 1. The molecule has 1 N–H and O–H groups in total. The molecule has 0 heterocycles. The zero-order valence-electron chi connectivity index (χ0n) is 12.7. The summed E-state index contributed by atoms with van der Waals surface area (Å²) in [6, 6.07) is 0. The number of carbonyl (C=O) groups excluding carboxylic acids is 1. The minimum Gasteiger partial charge on any atom is -0.464 e. The van der Waals surface area contributed by atoms with Crippen LogP contribution in [0.25, 0.3) is 0 Å². The molecular formula is C14H29NO2. The zero-order valence-corrected chi connectivity index (χ0v) is 12.7. The molecule has 0 aliphatic rings. The Bertz CT molecular complexity index is 260. The second-order valence-corrected chi connectivity index (χ2v) is 7.46. The maximum absolute atomic E-state index is 12.1. The summed E-state index contributed by atoms with van der Waals surface area (Å²) < 4.78 is 5.41. The van der Waals surface area contributed by atoms with E-state index in [0.29, 0.717) is 6.61 Å². The van der Waals surface area contributed by atoms with E-state index in [1.807, 2.05) is 14.0 Å². The first kappa shape index (κ1) is 16.4. The highest BCUT2D eigenvalue weighted by atomic mass is 16.5. The lowest BCUT2D eigenvalue weighted by molar-refractivity contribution is -0.155. The monoisotopic (exact) mass is 243 g/mol. The molecule has 0 aromatic heterocycles. The molecule has 0 saturated carbocycles. The summed E-state index contributed by atoms with van der Waals surface area (Å²) in [7, 11) is 1.81. The minimum atomic E-state index is -0.608. The third kappa shape index (κ3) is 6.67. The highest BCUT2D eigenvalue weighted by Gasteiger charge is 2.37. The highest BCUT2D eigenvalue weighted by Crippen LogP contribution is 2.28. The Hall–Kier alpha value is -0.570. The second-order valence-electron chi connectivity index (χ2n) is 7.46. The normalized spacial score (nSPS) is 16.5. The lowest BCUT2D eigenvalue weighted by Gasteiger charge is -2.34. The van der Waals surface area contributed by atoms with Gasteiger partial charge in [-0.25, -0.2) is 0 Å². The van der Waals surface area contributed by atoms with Crippen LogP contribution in [-0.2, 0) is 9.53 Å². The maximum atomic E-state index is 12.1. The predicted molar refractivity (Wildman–Crippen MR) is 72.0 cm³/mol. The van der Waals surface area contributed by atoms with Crippen molar-refractivity contribution >= 4 is 5.97 Å². The van der Waals surface area contributed by atoms with Gasteiger partial charge in [-0.2, -0.15) is 0 Å². The Kier molecular flexibility index (Phi) is 5.20. The number of hydrogen-bond acceptors (Lipinski definition) is 3. The van der Waals surface area contributed by atoms with E-state index in [4.69, 9.17) is 4.74 Å². The van der Waals surface area contributed by atoms with Crippen molar-refractivity contribution in [3.05, 3.63) is 0 Å². The van der Waals surface area contributed by atoms with Gasteiger partial charge in [-0.3, -0.25) is 4.79 Å². The van der Waals surface area contributed by atoms with Gasteiger partial charge in [0.25, 0.3) is 0 Å². The van der Waals surface area contributed by atoms with E-state index >= 15 is 0 Å². The van der Waals surface area contributed by atoms with Crippen LogP contribution in [0.5, 0.6) is 0 Å². The topological polar surface area (TPSA) is 38.3 Å². The van der Waals surface area contributed by atoms with Crippen molar-refractivity contribution < 1.29 is 9.53 Å². The molecule has 0 rings (SSSR count). The average molecular weight is 243 g/mol. The van der Waals surface area contributed by atoms with Crippen molar-refractivity contribution in [1.29, 1.82) is 0 Å². The van der Waals surface area contributed by atoms with Gasteiger partial charge in [0.2, 0.25) is 0 Å².